The van der Waals surface area contributed by atoms with Crippen LogP contribution < -0.4 is 0 Å². The predicted octanol–water partition coefficient (Wildman–Crippen LogP) is 3.34. The molecule has 130 valence electrons. The molecule has 1 aromatic rings. The zero-order valence-corrected chi connectivity index (χ0v) is 15.0. The van der Waals surface area contributed by atoms with Crippen LogP contribution in [0, 0.1) is 10.8 Å². The summed E-state index contributed by atoms with van der Waals surface area (Å²) in [5, 5.41) is 0. The Labute approximate surface area is 146 Å². The lowest BCUT2D eigenvalue weighted by Gasteiger charge is -2.48. The first-order valence-corrected chi connectivity index (χ1v) is 9.63. The number of benzene rings is 1. The summed E-state index contributed by atoms with van der Waals surface area (Å²) in [6, 6.07) is 10.6. The molecule has 0 aromatic heterocycles. The van der Waals surface area contributed by atoms with Crippen LogP contribution in [0.4, 0.5) is 0 Å². The fourth-order valence-corrected chi connectivity index (χ4v) is 5.26. The SMILES string of the molecule is CN1CCC2(CCCN(C(=O)C3(Cc4ccccc4)CCC3)C2)C1. The highest BCUT2D eigenvalue weighted by molar-refractivity contribution is 5.84. The van der Waals surface area contributed by atoms with E-state index in [0.29, 0.717) is 11.3 Å². The third-order valence-corrected chi connectivity index (χ3v) is 6.73. The molecule has 1 saturated carbocycles. The van der Waals surface area contributed by atoms with Crippen molar-refractivity contribution in [3.63, 3.8) is 0 Å². The van der Waals surface area contributed by atoms with Crippen molar-refractivity contribution in [1.29, 1.82) is 0 Å². The van der Waals surface area contributed by atoms with E-state index in [1.54, 1.807) is 0 Å². The standard InChI is InChI=1S/C21H30N2O/c1-22-14-12-20(16-22)9-6-13-23(17-20)19(24)21(10-5-11-21)15-18-7-3-2-4-8-18/h2-4,7-8H,5-6,9-17H2,1H3. The Bertz CT molecular complexity index is 591. The molecule has 1 aliphatic carbocycles. The lowest BCUT2D eigenvalue weighted by molar-refractivity contribution is -0.151. The molecule has 2 aliphatic heterocycles. The number of hydrogen-bond acceptors (Lipinski definition) is 2. The molecule has 24 heavy (non-hydrogen) atoms. The third kappa shape index (κ3) is 2.88. The molecule has 3 nitrogen and oxygen atoms in total. The van der Waals surface area contributed by atoms with Gasteiger partial charge in [0, 0.05) is 25.0 Å². The second-order valence-corrected chi connectivity index (χ2v) is 8.61. The Morgan fingerprint density at radius 2 is 1.79 bits per heavy atom. The topological polar surface area (TPSA) is 23.6 Å². The third-order valence-electron chi connectivity index (χ3n) is 6.73. The van der Waals surface area contributed by atoms with Crippen LogP contribution in [0.3, 0.4) is 0 Å². The Hall–Kier alpha value is -1.35. The maximum Gasteiger partial charge on any atom is 0.229 e. The Morgan fingerprint density at radius 3 is 2.42 bits per heavy atom. The first-order valence-electron chi connectivity index (χ1n) is 9.63. The zero-order chi connectivity index (χ0) is 16.6. The normalized spacial score (nSPS) is 29.6. The molecule has 0 radical (unpaired) electrons. The summed E-state index contributed by atoms with van der Waals surface area (Å²) in [5.41, 5.74) is 1.59. The van der Waals surface area contributed by atoms with Crippen molar-refractivity contribution in [3.8, 4) is 0 Å². The average molecular weight is 326 g/mol. The van der Waals surface area contributed by atoms with Crippen LogP contribution in [0.1, 0.15) is 44.1 Å². The molecule has 2 heterocycles. The van der Waals surface area contributed by atoms with Crippen LogP contribution in [0.15, 0.2) is 30.3 Å². The van der Waals surface area contributed by atoms with E-state index < -0.39 is 0 Å². The van der Waals surface area contributed by atoms with Gasteiger partial charge in [-0.2, -0.15) is 0 Å². The summed E-state index contributed by atoms with van der Waals surface area (Å²) in [6.07, 6.45) is 8.03. The minimum absolute atomic E-state index is 0.107. The van der Waals surface area contributed by atoms with E-state index in [1.165, 1.54) is 44.3 Å². The molecular weight excluding hydrogens is 296 g/mol. The number of carbonyl (C=O) groups excluding carboxylic acids is 1. The van der Waals surface area contributed by atoms with Crippen molar-refractivity contribution in [2.24, 2.45) is 10.8 Å². The van der Waals surface area contributed by atoms with Crippen LogP contribution in [0.5, 0.6) is 0 Å². The molecule has 3 fully saturated rings. The van der Waals surface area contributed by atoms with Gasteiger partial charge in [-0.3, -0.25) is 4.79 Å². The summed E-state index contributed by atoms with van der Waals surface area (Å²) in [4.78, 5) is 18.1. The van der Waals surface area contributed by atoms with Crippen LogP contribution >= 0.6 is 0 Å². The van der Waals surface area contributed by atoms with Crippen molar-refractivity contribution in [1.82, 2.24) is 9.80 Å². The summed E-state index contributed by atoms with van der Waals surface area (Å²) in [5.74, 6) is 0.450. The molecular formula is C21H30N2O. The van der Waals surface area contributed by atoms with Crippen molar-refractivity contribution in [2.75, 3.05) is 33.2 Å². The van der Waals surface area contributed by atoms with Gasteiger partial charge in [0.25, 0.3) is 0 Å². The van der Waals surface area contributed by atoms with Gasteiger partial charge in [0.2, 0.25) is 5.91 Å². The fourth-order valence-electron chi connectivity index (χ4n) is 5.26. The quantitative estimate of drug-likeness (QED) is 0.850. The number of hydrogen-bond donors (Lipinski definition) is 0. The van der Waals surface area contributed by atoms with Gasteiger partial charge in [-0.15, -0.1) is 0 Å². The van der Waals surface area contributed by atoms with Crippen LogP contribution in [0.2, 0.25) is 0 Å². The molecule has 3 heteroatoms. The Kier molecular flexibility index (Phi) is 4.16. The average Bonchev–Trinajstić information content (AvgIpc) is 2.91. The highest BCUT2D eigenvalue weighted by atomic mass is 16.2. The number of likely N-dealkylation sites (tertiary alicyclic amines) is 2. The van der Waals surface area contributed by atoms with Crippen molar-refractivity contribution < 1.29 is 4.79 Å². The van der Waals surface area contributed by atoms with Gasteiger partial charge in [0.15, 0.2) is 0 Å². The highest BCUT2D eigenvalue weighted by Gasteiger charge is 2.49. The van der Waals surface area contributed by atoms with E-state index in [2.05, 4.69) is 47.2 Å². The van der Waals surface area contributed by atoms with Crippen LogP contribution in [0.25, 0.3) is 0 Å². The van der Waals surface area contributed by atoms with Gasteiger partial charge in [-0.25, -0.2) is 0 Å². The number of piperidine rings is 1. The number of nitrogens with zero attached hydrogens (tertiary/aromatic N) is 2. The molecule has 4 rings (SSSR count). The molecule has 1 atom stereocenters. The second kappa shape index (κ2) is 6.18. The molecule has 0 bridgehead atoms. The smallest absolute Gasteiger partial charge is 0.229 e. The van der Waals surface area contributed by atoms with Gasteiger partial charge in [-0.1, -0.05) is 36.8 Å². The molecule has 1 aromatic carbocycles. The maximum absolute atomic E-state index is 13.4. The number of carbonyl (C=O) groups is 1. The van der Waals surface area contributed by atoms with E-state index in [-0.39, 0.29) is 5.41 Å². The molecule has 0 N–H and O–H groups in total. The molecule has 3 aliphatic rings. The maximum atomic E-state index is 13.4. The second-order valence-electron chi connectivity index (χ2n) is 8.61. The lowest BCUT2D eigenvalue weighted by Crippen LogP contribution is -2.54. The van der Waals surface area contributed by atoms with Gasteiger partial charge in [-0.05, 0) is 57.7 Å². The van der Waals surface area contributed by atoms with Gasteiger partial charge in [0.05, 0.1) is 5.41 Å². The minimum Gasteiger partial charge on any atom is -0.342 e. The number of amides is 1. The molecule has 1 unspecified atom stereocenters. The first kappa shape index (κ1) is 16.1. The Balaban J connectivity index is 1.49. The fraction of sp³-hybridized carbons (Fsp3) is 0.667. The van der Waals surface area contributed by atoms with Crippen LogP contribution in [-0.4, -0.2) is 48.9 Å². The number of rotatable bonds is 3. The summed E-state index contributed by atoms with van der Waals surface area (Å²) in [6.45, 7) is 4.33. The monoisotopic (exact) mass is 326 g/mol. The molecule has 1 amide bonds. The van der Waals surface area contributed by atoms with Gasteiger partial charge < -0.3 is 9.80 Å². The van der Waals surface area contributed by atoms with Crippen molar-refractivity contribution in [3.05, 3.63) is 35.9 Å². The largest absolute Gasteiger partial charge is 0.342 e. The predicted molar refractivity (Wildman–Crippen MR) is 96.8 cm³/mol. The van der Waals surface area contributed by atoms with E-state index in [1.807, 2.05) is 0 Å². The van der Waals surface area contributed by atoms with E-state index >= 15 is 0 Å². The summed E-state index contributed by atoms with van der Waals surface area (Å²) >= 11 is 0. The summed E-state index contributed by atoms with van der Waals surface area (Å²) in [7, 11) is 2.22. The Morgan fingerprint density at radius 1 is 1.00 bits per heavy atom. The van der Waals surface area contributed by atoms with E-state index in [0.717, 1.165) is 32.4 Å². The minimum atomic E-state index is -0.107. The van der Waals surface area contributed by atoms with Crippen LogP contribution in [-0.2, 0) is 11.2 Å². The van der Waals surface area contributed by atoms with Crippen molar-refractivity contribution >= 4 is 5.91 Å². The summed E-state index contributed by atoms with van der Waals surface area (Å²) < 4.78 is 0. The van der Waals surface area contributed by atoms with Gasteiger partial charge >= 0.3 is 0 Å². The zero-order valence-electron chi connectivity index (χ0n) is 15.0. The molecule has 1 spiro atoms. The highest BCUT2D eigenvalue weighted by Crippen LogP contribution is 2.47. The van der Waals surface area contributed by atoms with Gasteiger partial charge in [0.1, 0.15) is 0 Å². The lowest BCUT2D eigenvalue weighted by atomic mass is 9.64. The molecule has 2 saturated heterocycles. The van der Waals surface area contributed by atoms with Crippen molar-refractivity contribution in [2.45, 2.75) is 44.9 Å². The first-order chi connectivity index (χ1) is 11.6. The van der Waals surface area contributed by atoms with E-state index in [9.17, 15) is 4.79 Å². The van der Waals surface area contributed by atoms with E-state index in [4.69, 9.17) is 0 Å².